The first-order valence-electron chi connectivity index (χ1n) is 4.84. The number of nitrogens with zero attached hydrogens (tertiary/aromatic N) is 1. The molecule has 1 aromatic rings. The molecule has 0 radical (unpaired) electrons. The first-order chi connectivity index (χ1) is 7.19. The van der Waals surface area contributed by atoms with Gasteiger partial charge in [-0.25, -0.2) is 0 Å². The molecule has 88 valence electrons. The van der Waals surface area contributed by atoms with E-state index < -0.39 is 0 Å². The van der Waals surface area contributed by atoms with E-state index in [-0.39, 0.29) is 18.3 Å². The molecule has 0 aliphatic rings. The first kappa shape index (κ1) is 14.7. The summed E-state index contributed by atoms with van der Waals surface area (Å²) < 4.78 is 0. The standard InChI is InChI=1S/C12H16N2O.ClH/c1-3-8-14(2)12(15)11-6-4-10(9-13)5-7-11;/h3-7H,1,8-9,13H2,2H3;1H. The first-order valence-corrected chi connectivity index (χ1v) is 4.84. The lowest BCUT2D eigenvalue weighted by Gasteiger charge is -2.14. The molecule has 4 heteroatoms. The normalized spacial score (nSPS) is 9.12. The van der Waals surface area contributed by atoms with E-state index in [0.29, 0.717) is 18.7 Å². The zero-order valence-electron chi connectivity index (χ0n) is 9.35. The molecule has 0 fully saturated rings. The predicted octanol–water partition coefficient (Wildman–Crippen LogP) is 1.83. The summed E-state index contributed by atoms with van der Waals surface area (Å²) >= 11 is 0. The summed E-state index contributed by atoms with van der Waals surface area (Å²) in [4.78, 5) is 13.4. The van der Waals surface area contributed by atoms with Gasteiger partial charge in [0.1, 0.15) is 0 Å². The molecule has 0 bridgehead atoms. The Bertz CT molecular complexity index is 349. The summed E-state index contributed by atoms with van der Waals surface area (Å²) in [6.45, 7) is 4.64. The van der Waals surface area contributed by atoms with Crippen LogP contribution >= 0.6 is 12.4 Å². The average molecular weight is 241 g/mol. The maximum Gasteiger partial charge on any atom is 0.253 e. The summed E-state index contributed by atoms with van der Waals surface area (Å²) in [6, 6.07) is 7.33. The minimum absolute atomic E-state index is 0. The number of amides is 1. The van der Waals surface area contributed by atoms with E-state index in [1.807, 2.05) is 12.1 Å². The summed E-state index contributed by atoms with van der Waals surface area (Å²) in [7, 11) is 1.75. The van der Waals surface area contributed by atoms with Gasteiger partial charge in [-0.3, -0.25) is 4.79 Å². The van der Waals surface area contributed by atoms with E-state index in [2.05, 4.69) is 6.58 Å². The Labute approximate surface area is 102 Å². The fraction of sp³-hybridized carbons (Fsp3) is 0.250. The van der Waals surface area contributed by atoms with Gasteiger partial charge in [0.2, 0.25) is 0 Å². The van der Waals surface area contributed by atoms with Crippen LogP contribution in [0.15, 0.2) is 36.9 Å². The summed E-state index contributed by atoms with van der Waals surface area (Å²) in [6.07, 6.45) is 1.70. The van der Waals surface area contributed by atoms with Crippen molar-refractivity contribution in [2.24, 2.45) is 5.73 Å². The molecule has 0 saturated carbocycles. The lowest BCUT2D eigenvalue weighted by molar-refractivity contribution is 0.0810. The lowest BCUT2D eigenvalue weighted by Crippen LogP contribution is -2.26. The van der Waals surface area contributed by atoms with Gasteiger partial charge < -0.3 is 10.6 Å². The Morgan fingerprint density at radius 1 is 1.44 bits per heavy atom. The lowest BCUT2D eigenvalue weighted by atomic mass is 10.1. The minimum atomic E-state index is -0.00142. The van der Waals surface area contributed by atoms with E-state index in [0.717, 1.165) is 5.56 Å². The summed E-state index contributed by atoms with van der Waals surface area (Å²) in [5.74, 6) is -0.00142. The highest BCUT2D eigenvalue weighted by Crippen LogP contribution is 2.06. The Morgan fingerprint density at radius 2 is 2.00 bits per heavy atom. The van der Waals surface area contributed by atoms with E-state index >= 15 is 0 Å². The van der Waals surface area contributed by atoms with Gasteiger partial charge in [-0.05, 0) is 17.7 Å². The van der Waals surface area contributed by atoms with Crippen LogP contribution in [0.4, 0.5) is 0 Å². The maximum atomic E-state index is 11.8. The van der Waals surface area contributed by atoms with Gasteiger partial charge in [0, 0.05) is 25.7 Å². The molecule has 16 heavy (non-hydrogen) atoms. The monoisotopic (exact) mass is 240 g/mol. The highest BCUT2D eigenvalue weighted by atomic mass is 35.5. The number of halogens is 1. The summed E-state index contributed by atoms with van der Waals surface area (Å²) in [5, 5.41) is 0. The third-order valence-corrected chi connectivity index (χ3v) is 2.19. The Morgan fingerprint density at radius 3 is 2.44 bits per heavy atom. The van der Waals surface area contributed by atoms with Gasteiger partial charge in [-0.15, -0.1) is 19.0 Å². The fourth-order valence-electron chi connectivity index (χ4n) is 1.28. The number of benzene rings is 1. The predicted molar refractivity (Wildman–Crippen MR) is 68.7 cm³/mol. The molecule has 1 aromatic carbocycles. The van der Waals surface area contributed by atoms with Crippen molar-refractivity contribution in [2.45, 2.75) is 6.54 Å². The Kier molecular flexibility index (Phi) is 6.46. The van der Waals surface area contributed by atoms with Crippen molar-refractivity contribution in [1.82, 2.24) is 4.90 Å². The number of nitrogens with two attached hydrogens (primary N) is 1. The van der Waals surface area contributed by atoms with E-state index in [1.54, 1.807) is 30.2 Å². The van der Waals surface area contributed by atoms with Crippen LogP contribution in [0.25, 0.3) is 0 Å². The molecule has 0 aromatic heterocycles. The highest BCUT2D eigenvalue weighted by molar-refractivity contribution is 5.94. The zero-order chi connectivity index (χ0) is 11.3. The molecule has 0 atom stereocenters. The van der Waals surface area contributed by atoms with Crippen molar-refractivity contribution in [3.8, 4) is 0 Å². The molecule has 0 aliphatic heterocycles. The number of carbonyl (C=O) groups is 1. The average Bonchev–Trinajstić information content (AvgIpc) is 2.28. The van der Waals surface area contributed by atoms with E-state index in [4.69, 9.17) is 5.73 Å². The molecular weight excluding hydrogens is 224 g/mol. The Balaban J connectivity index is 0.00000225. The topological polar surface area (TPSA) is 46.3 Å². The van der Waals surface area contributed by atoms with Gasteiger partial charge in [0.05, 0.1) is 0 Å². The van der Waals surface area contributed by atoms with Crippen LogP contribution in [-0.2, 0) is 6.54 Å². The second-order valence-electron chi connectivity index (χ2n) is 3.38. The number of carbonyl (C=O) groups excluding carboxylic acids is 1. The van der Waals surface area contributed by atoms with Crippen molar-refractivity contribution in [3.63, 3.8) is 0 Å². The second-order valence-corrected chi connectivity index (χ2v) is 3.38. The summed E-state index contributed by atoms with van der Waals surface area (Å²) in [5.41, 5.74) is 7.18. The van der Waals surface area contributed by atoms with Gasteiger partial charge in [0.15, 0.2) is 0 Å². The second kappa shape index (κ2) is 7.04. The number of hydrogen-bond acceptors (Lipinski definition) is 2. The highest BCUT2D eigenvalue weighted by Gasteiger charge is 2.09. The SMILES string of the molecule is C=CCN(C)C(=O)c1ccc(CN)cc1.Cl. The van der Waals surface area contributed by atoms with Crippen molar-refractivity contribution < 1.29 is 4.79 Å². The van der Waals surface area contributed by atoms with Crippen LogP contribution in [0.1, 0.15) is 15.9 Å². The smallest absolute Gasteiger partial charge is 0.253 e. The van der Waals surface area contributed by atoms with Crippen LogP contribution in [0.5, 0.6) is 0 Å². The minimum Gasteiger partial charge on any atom is -0.338 e. The van der Waals surface area contributed by atoms with Crippen molar-refractivity contribution in [2.75, 3.05) is 13.6 Å². The molecule has 0 saturated heterocycles. The molecule has 3 nitrogen and oxygen atoms in total. The Hall–Kier alpha value is -1.32. The van der Waals surface area contributed by atoms with Crippen LogP contribution in [0, 0.1) is 0 Å². The van der Waals surface area contributed by atoms with Crippen LogP contribution in [-0.4, -0.2) is 24.4 Å². The molecule has 0 spiro atoms. The number of rotatable bonds is 4. The zero-order valence-corrected chi connectivity index (χ0v) is 10.2. The van der Waals surface area contributed by atoms with E-state index in [1.165, 1.54) is 0 Å². The van der Waals surface area contributed by atoms with Crippen molar-refractivity contribution in [3.05, 3.63) is 48.0 Å². The number of likely N-dealkylation sites (N-methyl/N-ethyl adjacent to an activating group) is 1. The molecule has 1 amide bonds. The van der Waals surface area contributed by atoms with Gasteiger partial charge in [-0.1, -0.05) is 18.2 Å². The molecule has 0 aliphatic carbocycles. The van der Waals surface area contributed by atoms with Gasteiger partial charge in [-0.2, -0.15) is 0 Å². The van der Waals surface area contributed by atoms with E-state index in [9.17, 15) is 4.79 Å². The molecule has 1 rings (SSSR count). The van der Waals surface area contributed by atoms with Gasteiger partial charge >= 0.3 is 0 Å². The van der Waals surface area contributed by atoms with Crippen molar-refractivity contribution in [1.29, 1.82) is 0 Å². The third kappa shape index (κ3) is 3.68. The number of hydrogen-bond donors (Lipinski definition) is 1. The maximum absolute atomic E-state index is 11.8. The van der Waals surface area contributed by atoms with Gasteiger partial charge in [0.25, 0.3) is 5.91 Å². The van der Waals surface area contributed by atoms with Crippen LogP contribution < -0.4 is 5.73 Å². The van der Waals surface area contributed by atoms with Crippen LogP contribution in [0.2, 0.25) is 0 Å². The molecule has 0 heterocycles. The quantitative estimate of drug-likeness (QED) is 0.817. The van der Waals surface area contributed by atoms with Crippen LogP contribution in [0.3, 0.4) is 0 Å². The molecule has 2 N–H and O–H groups in total. The fourth-order valence-corrected chi connectivity index (χ4v) is 1.28. The largest absolute Gasteiger partial charge is 0.338 e. The molecule has 0 unspecified atom stereocenters. The molecular formula is C12H17ClN2O. The van der Waals surface area contributed by atoms with Crippen molar-refractivity contribution >= 4 is 18.3 Å². The third-order valence-electron chi connectivity index (χ3n) is 2.19.